The predicted octanol–water partition coefficient (Wildman–Crippen LogP) is -0.112. The molecule has 14 heavy (non-hydrogen) atoms. The Morgan fingerprint density at radius 1 is 1.43 bits per heavy atom. The van der Waals surface area contributed by atoms with Crippen LogP contribution in [0, 0.1) is 0 Å². The van der Waals surface area contributed by atoms with Crippen LogP contribution in [0.2, 0.25) is 0 Å². The summed E-state index contributed by atoms with van der Waals surface area (Å²) in [5.74, 6) is 0.253. The molecule has 0 atom stereocenters. The first kappa shape index (κ1) is 11.5. The summed E-state index contributed by atoms with van der Waals surface area (Å²) in [5, 5.41) is 0. The van der Waals surface area contributed by atoms with E-state index in [1.54, 1.807) is 0 Å². The Bertz CT molecular complexity index is 194. The summed E-state index contributed by atoms with van der Waals surface area (Å²) in [6.07, 6.45) is 0.981. The minimum Gasteiger partial charge on any atom is -0.338 e. The fraction of sp³-hybridized carbons (Fsp3) is 0.900. The first-order valence-corrected chi connectivity index (χ1v) is 5.37. The molecular formula is C10H21N3O. The fourth-order valence-corrected chi connectivity index (χ4v) is 1.79. The zero-order valence-electron chi connectivity index (χ0n) is 9.20. The van der Waals surface area contributed by atoms with Crippen molar-refractivity contribution in [2.45, 2.75) is 26.3 Å². The predicted molar refractivity (Wildman–Crippen MR) is 57.0 cm³/mol. The molecule has 1 amide bonds. The monoisotopic (exact) mass is 199 g/mol. The van der Waals surface area contributed by atoms with E-state index in [4.69, 9.17) is 5.73 Å². The molecule has 1 saturated heterocycles. The Labute approximate surface area is 86.0 Å². The average Bonchev–Trinajstić information content (AvgIpc) is 2.14. The highest BCUT2D eigenvalue weighted by molar-refractivity contribution is 5.79. The van der Waals surface area contributed by atoms with Crippen molar-refractivity contribution in [3.63, 3.8) is 0 Å². The lowest BCUT2D eigenvalue weighted by molar-refractivity contribution is -0.137. The minimum absolute atomic E-state index is 0.253. The third-order valence-corrected chi connectivity index (χ3v) is 2.64. The minimum atomic E-state index is 0.253. The molecule has 82 valence electrons. The molecule has 0 aromatic carbocycles. The van der Waals surface area contributed by atoms with Gasteiger partial charge in [0.15, 0.2) is 0 Å². The molecule has 0 saturated carbocycles. The molecule has 1 aliphatic rings. The molecule has 1 fully saturated rings. The van der Waals surface area contributed by atoms with Crippen molar-refractivity contribution in [3.8, 4) is 0 Å². The topological polar surface area (TPSA) is 49.6 Å². The van der Waals surface area contributed by atoms with Gasteiger partial charge in [-0.1, -0.05) is 0 Å². The molecule has 1 aliphatic heterocycles. The Kier molecular flexibility index (Phi) is 4.35. The van der Waals surface area contributed by atoms with Gasteiger partial charge in [0.1, 0.15) is 0 Å². The Hall–Kier alpha value is -0.610. The lowest BCUT2D eigenvalue weighted by atomic mass is 10.2. The number of rotatable bonds is 4. The van der Waals surface area contributed by atoms with Crippen molar-refractivity contribution in [1.82, 2.24) is 9.80 Å². The van der Waals surface area contributed by atoms with Crippen molar-refractivity contribution < 1.29 is 4.79 Å². The standard InChI is InChI=1S/C10H21N3O/c1-9(2)13-7-6-12(5-3-4-11)8-10(13)14/h9H,3-8,11H2,1-2H3. The Balaban J connectivity index is 2.35. The van der Waals surface area contributed by atoms with E-state index < -0.39 is 0 Å². The summed E-state index contributed by atoms with van der Waals surface area (Å²) in [6, 6.07) is 0.333. The third kappa shape index (κ3) is 2.96. The summed E-state index contributed by atoms with van der Waals surface area (Å²) >= 11 is 0. The zero-order chi connectivity index (χ0) is 10.6. The zero-order valence-corrected chi connectivity index (χ0v) is 9.20. The average molecular weight is 199 g/mol. The largest absolute Gasteiger partial charge is 0.338 e. The summed E-state index contributed by atoms with van der Waals surface area (Å²) < 4.78 is 0. The van der Waals surface area contributed by atoms with Gasteiger partial charge in [-0.05, 0) is 33.4 Å². The van der Waals surface area contributed by atoms with E-state index in [1.165, 1.54) is 0 Å². The molecule has 4 heteroatoms. The van der Waals surface area contributed by atoms with Crippen molar-refractivity contribution in [2.24, 2.45) is 5.73 Å². The van der Waals surface area contributed by atoms with Crippen molar-refractivity contribution in [3.05, 3.63) is 0 Å². The fourth-order valence-electron chi connectivity index (χ4n) is 1.79. The van der Waals surface area contributed by atoms with Gasteiger partial charge in [0, 0.05) is 19.1 Å². The molecule has 1 rings (SSSR count). The summed E-state index contributed by atoms with van der Waals surface area (Å²) in [4.78, 5) is 15.8. The molecule has 0 unspecified atom stereocenters. The van der Waals surface area contributed by atoms with E-state index in [-0.39, 0.29) is 5.91 Å². The maximum Gasteiger partial charge on any atom is 0.237 e. The Morgan fingerprint density at radius 3 is 2.64 bits per heavy atom. The van der Waals surface area contributed by atoms with Gasteiger partial charge in [-0.15, -0.1) is 0 Å². The third-order valence-electron chi connectivity index (χ3n) is 2.64. The maximum absolute atomic E-state index is 11.7. The van der Waals surface area contributed by atoms with Gasteiger partial charge in [-0.2, -0.15) is 0 Å². The normalized spacial score (nSPS) is 19.4. The van der Waals surface area contributed by atoms with Gasteiger partial charge in [0.25, 0.3) is 0 Å². The quantitative estimate of drug-likeness (QED) is 0.687. The second kappa shape index (κ2) is 5.32. The number of carbonyl (C=O) groups is 1. The van der Waals surface area contributed by atoms with Crippen LogP contribution in [-0.4, -0.2) is 54.5 Å². The second-order valence-electron chi connectivity index (χ2n) is 4.10. The molecule has 4 nitrogen and oxygen atoms in total. The van der Waals surface area contributed by atoms with Crippen molar-refractivity contribution in [1.29, 1.82) is 0 Å². The molecule has 1 heterocycles. The maximum atomic E-state index is 11.7. The number of carbonyl (C=O) groups excluding carboxylic acids is 1. The van der Waals surface area contributed by atoms with Gasteiger partial charge in [0.2, 0.25) is 5.91 Å². The van der Waals surface area contributed by atoms with Crippen LogP contribution in [0.3, 0.4) is 0 Å². The number of piperazine rings is 1. The molecule has 0 aliphatic carbocycles. The highest BCUT2D eigenvalue weighted by Crippen LogP contribution is 2.07. The molecular weight excluding hydrogens is 178 g/mol. The van der Waals surface area contributed by atoms with E-state index in [0.717, 1.165) is 26.1 Å². The first-order chi connectivity index (χ1) is 6.65. The summed E-state index contributed by atoms with van der Waals surface area (Å²) in [5.41, 5.74) is 5.43. The first-order valence-electron chi connectivity index (χ1n) is 5.37. The van der Waals surface area contributed by atoms with Gasteiger partial charge >= 0.3 is 0 Å². The van der Waals surface area contributed by atoms with Gasteiger partial charge < -0.3 is 10.6 Å². The van der Waals surface area contributed by atoms with Crippen LogP contribution in [-0.2, 0) is 4.79 Å². The molecule has 0 aromatic heterocycles. The van der Waals surface area contributed by atoms with Gasteiger partial charge in [-0.25, -0.2) is 0 Å². The number of hydrogen-bond acceptors (Lipinski definition) is 3. The van der Waals surface area contributed by atoms with Crippen LogP contribution in [0.1, 0.15) is 20.3 Å². The molecule has 0 aromatic rings. The highest BCUT2D eigenvalue weighted by atomic mass is 16.2. The van der Waals surface area contributed by atoms with E-state index in [1.807, 2.05) is 4.90 Å². The van der Waals surface area contributed by atoms with Gasteiger partial charge in [0.05, 0.1) is 6.54 Å². The number of hydrogen-bond donors (Lipinski definition) is 1. The SMILES string of the molecule is CC(C)N1CCN(CCCN)CC1=O. The van der Waals surface area contributed by atoms with E-state index in [2.05, 4.69) is 18.7 Å². The van der Waals surface area contributed by atoms with Crippen LogP contribution in [0.4, 0.5) is 0 Å². The molecule has 0 spiro atoms. The smallest absolute Gasteiger partial charge is 0.237 e. The lowest BCUT2D eigenvalue weighted by Crippen LogP contribution is -2.52. The number of nitrogens with zero attached hydrogens (tertiary/aromatic N) is 2. The van der Waals surface area contributed by atoms with Gasteiger partial charge in [-0.3, -0.25) is 9.69 Å². The molecule has 0 radical (unpaired) electrons. The van der Waals surface area contributed by atoms with Crippen LogP contribution < -0.4 is 5.73 Å². The van der Waals surface area contributed by atoms with Crippen LogP contribution in [0.15, 0.2) is 0 Å². The summed E-state index contributed by atoms with van der Waals surface area (Å²) in [7, 11) is 0. The van der Waals surface area contributed by atoms with Crippen molar-refractivity contribution >= 4 is 5.91 Å². The number of amides is 1. The van der Waals surface area contributed by atoms with Crippen LogP contribution >= 0.6 is 0 Å². The number of nitrogens with two attached hydrogens (primary N) is 1. The van der Waals surface area contributed by atoms with E-state index >= 15 is 0 Å². The van der Waals surface area contributed by atoms with Crippen LogP contribution in [0.5, 0.6) is 0 Å². The Morgan fingerprint density at radius 2 is 2.14 bits per heavy atom. The van der Waals surface area contributed by atoms with Crippen LogP contribution in [0.25, 0.3) is 0 Å². The molecule has 0 bridgehead atoms. The van der Waals surface area contributed by atoms with Crippen molar-refractivity contribution in [2.75, 3.05) is 32.7 Å². The van der Waals surface area contributed by atoms with E-state index in [0.29, 0.717) is 19.1 Å². The lowest BCUT2D eigenvalue weighted by Gasteiger charge is -2.36. The second-order valence-corrected chi connectivity index (χ2v) is 4.10. The molecule has 2 N–H and O–H groups in total. The highest BCUT2D eigenvalue weighted by Gasteiger charge is 2.24. The summed E-state index contributed by atoms with van der Waals surface area (Å²) in [6.45, 7) is 8.21. The van der Waals surface area contributed by atoms with E-state index in [9.17, 15) is 4.79 Å².